The molecule has 2 amide bonds. The molecule has 1 aliphatic rings. The molecule has 1 aromatic rings. The van der Waals surface area contributed by atoms with Crippen LogP contribution in [0.2, 0.25) is 0 Å². The van der Waals surface area contributed by atoms with E-state index in [4.69, 9.17) is 0 Å². The largest absolute Gasteiger partial charge is 0.354 e. The molecule has 138 valence electrons. The van der Waals surface area contributed by atoms with Crippen LogP contribution >= 0.6 is 0 Å². The van der Waals surface area contributed by atoms with Crippen molar-refractivity contribution in [2.75, 3.05) is 45.1 Å². The molecule has 0 aromatic heterocycles. The highest BCUT2D eigenvalue weighted by molar-refractivity contribution is 5.95. The first-order valence-electron chi connectivity index (χ1n) is 9.09. The van der Waals surface area contributed by atoms with E-state index in [2.05, 4.69) is 29.7 Å². The van der Waals surface area contributed by atoms with Crippen molar-refractivity contribution < 1.29 is 19.4 Å². The fraction of sp³-hybridized carbons (Fsp3) is 0.579. The van der Waals surface area contributed by atoms with E-state index >= 15 is 0 Å². The number of likely N-dealkylation sites (N-methyl/N-ethyl adjacent to an activating group) is 1. The lowest BCUT2D eigenvalue weighted by atomic mass is 10.0. The van der Waals surface area contributed by atoms with Gasteiger partial charge in [-0.25, -0.2) is 0 Å². The van der Waals surface area contributed by atoms with Gasteiger partial charge in [0.1, 0.15) is 26.2 Å². The zero-order valence-electron chi connectivity index (χ0n) is 16.1. The SMILES string of the molecule is CNC(=O)C[NH+]1CC[NH+]([C@@H](C)C(=O)Nc2c(C)cc(C)cc2C)CC1. The molecule has 0 saturated carbocycles. The van der Waals surface area contributed by atoms with Crippen LogP contribution in [0.4, 0.5) is 5.69 Å². The Bertz CT molecular complexity index is 613. The average molecular weight is 348 g/mol. The molecule has 0 aliphatic carbocycles. The minimum absolute atomic E-state index is 0.0693. The number of aryl methyl sites for hydroxylation is 3. The van der Waals surface area contributed by atoms with Crippen molar-refractivity contribution in [3.63, 3.8) is 0 Å². The van der Waals surface area contributed by atoms with Crippen molar-refractivity contribution in [2.45, 2.75) is 33.7 Å². The third kappa shape index (κ3) is 5.03. The molecular formula is C19H32N4O2+2. The number of benzene rings is 1. The topological polar surface area (TPSA) is 67.1 Å². The number of anilines is 1. The molecule has 1 atom stereocenters. The van der Waals surface area contributed by atoms with Crippen LogP contribution in [0.25, 0.3) is 0 Å². The maximum Gasteiger partial charge on any atom is 0.282 e. The lowest BCUT2D eigenvalue weighted by Crippen LogP contribution is -3.30. The molecule has 0 spiro atoms. The van der Waals surface area contributed by atoms with Crippen molar-refractivity contribution >= 4 is 17.5 Å². The molecular weight excluding hydrogens is 316 g/mol. The Hall–Kier alpha value is -1.92. The quantitative estimate of drug-likeness (QED) is 0.522. The van der Waals surface area contributed by atoms with Crippen molar-refractivity contribution in [1.29, 1.82) is 0 Å². The van der Waals surface area contributed by atoms with Gasteiger partial charge in [-0.15, -0.1) is 0 Å². The normalized spacial score (nSPS) is 21.5. The Kier molecular flexibility index (Phi) is 6.56. The first kappa shape index (κ1) is 19.4. The second kappa shape index (κ2) is 8.45. The first-order valence-corrected chi connectivity index (χ1v) is 9.09. The summed E-state index contributed by atoms with van der Waals surface area (Å²) in [4.78, 5) is 26.8. The lowest BCUT2D eigenvalue weighted by Gasteiger charge is -2.32. The molecule has 0 bridgehead atoms. The molecule has 6 nitrogen and oxygen atoms in total. The Labute approximate surface area is 150 Å². The summed E-state index contributed by atoms with van der Waals surface area (Å²) >= 11 is 0. The van der Waals surface area contributed by atoms with E-state index in [1.165, 1.54) is 15.4 Å². The van der Waals surface area contributed by atoms with Crippen LogP contribution in [0.1, 0.15) is 23.6 Å². The number of piperazine rings is 1. The molecule has 6 heteroatoms. The van der Waals surface area contributed by atoms with Gasteiger partial charge in [0.05, 0.1) is 0 Å². The number of carbonyl (C=O) groups is 2. The number of hydrogen-bond donors (Lipinski definition) is 4. The zero-order valence-corrected chi connectivity index (χ0v) is 16.1. The number of hydrogen-bond acceptors (Lipinski definition) is 2. The standard InChI is InChI=1S/C19H30N4O2/c1-13-10-14(2)18(15(3)11-13)21-19(25)16(4)23-8-6-22(7-9-23)12-17(24)20-5/h10-11,16H,6-9,12H2,1-5H3,(H,20,24)(H,21,25)/p+2/t16-/m0/s1. The molecule has 1 aliphatic heterocycles. The fourth-order valence-electron chi connectivity index (χ4n) is 3.64. The zero-order chi connectivity index (χ0) is 18.6. The number of quaternary nitrogens is 2. The second-order valence-electron chi connectivity index (χ2n) is 7.24. The van der Waals surface area contributed by atoms with E-state index in [1.54, 1.807) is 7.05 Å². The van der Waals surface area contributed by atoms with E-state index in [9.17, 15) is 9.59 Å². The van der Waals surface area contributed by atoms with Crippen LogP contribution in [-0.2, 0) is 9.59 Å². The van der Waals surface area contributed by atoms with Gasteiger partial charge in [-0.1, -0.05) is 17.7 Å². The molecule has 25 heavy (non-hydrogen) atoms. The number of carbonyl (C=O) groups excluding carboxylic acids is 2. The van der Waals surface area contributed by atoms with Crippen molar-refractivity contribution in [3.8, 4) is 0 Å². The van der Waals surface area contributed by atoms with Gasteiger partial charge in [-0.05, 0) is 38.8 Å². The van der Waals surface area contributed by atoms with Crippen molar-refractivity contribution in [3.05, 3.63) is 28.8 Å². The fourth-order valence-corrected chi connectivity index (χ4v) is 3.64. The minimum atomic E-state index is -0.0957. The van der Waals surface area contributed by atoms with Crippen LogP contribution in [0.15, 0.2) is 12.1 Å². The van der Waals surface area contributed by atoms with Crippen molar-refractivity contribution in [2.24, 2.45) is 0 Å². The van der Waals surface area contributed by atoms with Gasteiger partial charge >= 0.3 is 0 Å². The molecule has 1 saturated heterocycles. The average Bonchev–Trinajstić information content (AvgIpc) is 2.57. The lowest BCUT2D eigenvalue weighted by molar-refractivity contribution is -1.01. The molecule has 1 aromatic carbocycles. The molecule has 0 unspecified atom stereocenters. The highest BCUT2D eigenvalue weighted by Crippen LogP contribution is 2.21. The van der Waals surface area contributed by atoms with Crippen LogP contribution in [0.3, 0.4) is 0 Å². The number of amides is 2. The highest BCUT2D eigenvalue weighted by Gasteiger charge is 2.31. The molecule has 1 fully saturated rings. The van der Waals surface area contributed by atoms with E-state index in [0.29, 0.717) is 6.54 Å². The first-order chi connectivity index (χ1) is 11.8. The Balaban J connectivity index is 1.92. The molecule has 0 radical (unpaired) electrons. The molecule has 1 heterocycles. The van der Waals surface area contributed by atoms with Gasteiger partial charge in [-0.3, -0.25) is 9.59 Å². The summed E-state index contributed by atoms with van der Waals surface area (Å²) in [5.41, 5.74) is 4.35. The number of nitrogens with one attached hydrogen (secondary N) is 4. The van der Waals surface area contributed by atoms with Gasteiger partial charge in [0.25, 0.3) is 11.8 Å². The summed E-state index contributed by atoms with van der Waals surface area (Å²) in [5.74, 6) is 0.148. The summed E-state index contributed by atoms with van der Waals surface area (Å²) < 4.78 is 0. The van der Waals surface area contributed by atoms with Crippen molar-refractivity contribution in [1.82, 2.24) is 5.32 Å². The third-order valence-electron chi connectivity index (χ3n) is 5.22. The van der Waals surface area contributed by atoms with E-state index in [1.807, 2.05) is 20.8 Å². The van der Waals surface area contributed by atoms with E-state index in [0.717, 1.165) is 43.0 Å². The summed E-state index contributed by atoms with van der Waals surface area (Å²) in [6.07, 6.45) is 0. The molecule has 4 N–H and O–H groups in total. The van der Waals surface area contributed by atoms with Gasteiger partial charge in [-0.2, -0.15) is 0 Å². The predicted octanol–water partition coefficient (Wildman–Crippen LogP) is -1.53. The minimum Gasteiger partial charge on any atom is -0.354 e. The summed E-state index contributed by atoms with van der Waals surface area (Å²) in [5, 5.41) is 5.80. The van der Waals surface area contributed by atoms with Gasteiger partial charge < -0.3 is 20.4 Å². The Morgan fingerprint density at radius 1 is 1.08 bits per heavy atom. The second-order valence-corrected chi connectivity index (χ2v) is 7.24. The van der Waals surface area contributed by atoms with Crippen LogP contribution < -0.4 is 20.4 Å². The van der Waals surface area contributed by atoms with Crippen LogP contribution in [-0.4, -0.2) is 57.6 Å². The highest BCUT2D eigenvalue weighted by atomic mass is 16.2. The van der Waals surface area contributed by atoms with Crippen LogP contribution in [0.5, 0.6) is 0 Å². The summed E-state index contributed by atoms with van der Waals surface area (Å²) in [6.45, 7) is 12.3. The van der Waals surface area contributed by atoms with Crippen LogP contribution in [0, 0.1) is 20.8 Å². The van der Waals surface area contributed by atoms with E-state index in [-0.39, 0.29) is 17.9 Å². The predicted molar refractivity (Wildman–Crippen MR) is 99.1 cm³/mol. The third-order valence-corrected chi connectivity index (χ3v) is 5.22. The monoisotopic (exact) mass is 348 g/mol. The van der Waals surface area contributed by atoms with Gasteiger partial charge in [0.15, 0.2) is 12.6 Å². The van der Waals surface area contributed by atoms with E-state index < -0.39 is 0 Å². The Morgan fingerprint density at radius 2 is 1.64 bits per heavy atom. The van der Waals surface area contributed by atoms with Gasteiger partial charge in [0.2, 0.25) is 0 Å². The molecule has 2 rings (SSSR count). The summed E-state index contributed by atoms with van der Waals surface area (Å²) in [6, 6.07) is 4.10. The van der Waals surface area contributed by atoms with Gasteiger partial charge in [0, 0.05) is 12.7 Å². The summed E-state index contributed by atoms with van der Waals surface area (Å²) in [7, 11) is 1.67. The Morgan fingerprint density at radius 3 is 2.16 bits per heavy atom. The maximum absolute atomic E-state index is 12.7. The smallest absolute Gasteiger partial charge is 0.282 e. The number of rotatable bonds is 5. The maximum atomic E-state index is 12.7.